The highest BCUT2D eigenvalue weighted by molar-refractivity contribution is 5.81. The Hall–Kier alpha value is -2.43. The van der Waals surface area contributed by atoms with E-state index < -0.39 is 34.0 Å². The molecular weight excluding hydrogens is 224 g/mol. The number of rotatable bonds is 3. The molecule has 0 aliphatic heterocycles. The molecule has 0 atom stereocenters. The molecule has 0 unspecified atom stereocenters. The second-order valence-corrected chi connectivity index (χ2v) is 2.62. The zero-order valence-corrected chi connectivity index (χ0v) is 7.55. The third-order valence-electron chi connectivity index (χ3n) is 1.72. The average Bonchev–Trinajstić information content (AvgIpc) is 2.26. The summed E-state index contributed by atoms with van der Waals surface area (Å²) in [5.41, 5.74) is -2.17. The summed E-state index contributed by atoms with van der Waals surface area (Å²) in [6.45, 7) is 0. The largest absolute Gasteiger partial charge is 0.365 e. The summed E-state index contributed by atoms with van der Waals surface area (Å²) in [6.07, 6.45) is -3.06. The summed E-state index contributed by atoms with van der Waals surface area (Å²) in [5, 5.41) is 18.9. The second kappa shape index (κ2) is 4.39. The predicted octanol–water partition coefficient (Wildman–Crippen LogP) is 1.61. The Balaban J connectivity index is 3.57. The molecule has 0 radical (unpaired) electrons. The summed E-state index contributed by atoms with van der Waals surface area (Å²) >= 11 is 0. The molecule has 1 aromatic rings. The van der Waals surface area contributed by atoms with Crippen molar-refractivity contribution in [3.63, 3.8) is 0 Å². The molecule has 1 heterocycles. The maximum atomic E-state index is 12.5. The van der Waals surface area contributed by atoms with Crippen molar-refractivity contribution >= 4 is 12.1 Å². The molecule has 16 heavy (non-hydrogen) atoms. The van der Waals surface area contributed by atoms with Gasteiger partial charge in [-0.3, -0.25) is 4.79 Å². The van der Waals surface area contributed by atoms with Gasteiger partial charge in [0.05, 0.1) is 5.56 Å². The van der Waals surface area contributed by atoms with E-state index in [0.717, 1.165) is 0 Å². The molecule has 0 N–H and O–H groups in total. The van der Waals surface area contributed by atoms with Gasteiger partial charge in [0.25, 0.3) is 12.1 Å². The van der Waals surface area contributed by atoms with Crippen molar-refractivity contribution in [3.8, 4) is 6.07 Å². The van der Waals surface area contributed by atoms with Gasteiger partial charge in [-0.25, -0.2) is 8.78 Å². The van der Waals surface area contributed by atoms with Crippen LogP contribution in [0.25, 0.3) is 0 Å². The van der Waals surface area contributed by atoms with Crippen molar-refractivity contribution in [2.24, 2.45) is 0 Å². The van der Waals surface area contributed by atoms with Crippen LogP contribution in [0.2, 0.25) is 0 Å². The number of hydrogen-bond donors (Lipinski definition) is 0. The van der Waals surface area contributed by atoms with E-state index >= 15 is 0 Å². The molecule has 0 spiro atoms. The van der Waals surface area contributed by atoms with Crippen LogP contribution in [0.5, 0.6) is 0 Å². The minimum Gasteiger partial charge on any atom is -0.358 e. The van der Waals surface area contributed by atoms with Crippen LogP contribution >= 0.6 is 0 Å². The molecule has 6 nitrogen and oxygen atoms in total. The van der Waals surface area contributed by atoms with Crippen LogP contribution in [0.15, 0.2) is 6.07 Å². The fourth-order valence-electron chi connectivity index (χ4n) is 1.04. The molecule has 0 amide bonds. The minimum atomic E-state index is -3.09. The van der Waals surface area contributed by atoms with Crippen LogP contribution in [0.1, 0.15) is 28.0 Å². The van der Waals surface area contributed by atoms with Gasteiger partial charge < -0.3 is 10.1 Å². The minimum absolute atomic E-state index is 0.0246. The van der Waals surface area contributed by atoms with Gasteiger partial charge in [-0.15, -0.1) is 0 Å². The van der Waals surface area contributed by atoms with Gasteiger partial charge >= 0.3 is 5.82 Å². The van der Waals surface area contributed by atoms with Gasteiger partial charge in [0.1, 0.15) is 6.07 Å². The highest BCUT2D eigenvalue weighted by atomic mass is 19.3. The van der Waals surface area contributed by atoms with Crippen LogP contribution in [-0.4, -0.2) is 16.2 Å². The van der Waals surface area contributed by atoms with Gasteiger partial charge in [-0.1, -0.05) is 0 Å². The maximum absolute atomic E-state index is 12.5. The number of pyridine rings is 1. The van der Waals surface area contributed by atoms with E-state index in [1.54, 1.807) is 0 Å². The Morgan fingerprint density at radius 1 is 1.62 bits per heavy atom. The van der Waals surface area contributed by atoms with Crippen molar-refractivity contribution in [2.45, 2.75) is 6.43 Å². The van der Waals surface area contributed by atoms with E-state index in [9.17, 15) is 23.7 Å². The van der Waals surface area contributed by atoms with Crippen molar-refractivity contribution in [3.05, 3.63) is 33.0 Å². The van der Waals surface area contributed by atoms with Gasteiger partial charge in [-0.2, -0.15) is 5.26 Å². The molecule has 0 aliphatic rings. The zero-order valence-electron chi connectivity index (χ0n) is 7.55. The van der Waals surface area contributed by atoms with Gasteiger partial charge in [-0.05, 0) is 9.91 Å². The van der Waals surface area contributed by atoms with Crippen LogP contribution in [0, 0.1) is 21.4 Å². The first-order valence-electron chi connectivity index (χ1n) is 3.84. The number of carbonyl (C=O) groups excluding carboxylic acids is 1. The lowest BCUT2D eigenvalue weighted by Crippen LogP contribution is -2.04. The predicted molar refractivity (Wildman–Crippen MR) is 46.0 cm³/mol. The number of hydrogen-bond acceptors (Lipinski definition) is 5. The molecule has 0 aliphatic carbocycles. The first-order valence-corrected chi connectivity index (χ1v) is 3.84. The summed E-state index contributed by atoms with van der Waals surface area (Å²) < 4.78 is 24.9. The van der Waals surface area contributed by atoms with Gasteiger partial charge in [0.2, 0.25) is 0 Å². The number of halogens is 2. The van der Waals surface area contributed by atoms with E-state index in [1.807, 2.05) is 0 Å². The van der Waals surface area contributed by atoms with E-state index in [-0.39, 0.29) is 6.29 Å². The van der Waals surface area contributed by atoms with E-state index in [2.05, 4.69) is 4.98 Å². The fraction of sp³-hybridized carbons (Fsp3) is 0.125. The number of alkyl halides is 2. The monoisotopic (exact) mass is 227 g/mol. The summed E-state index contributed by atoms with van der Waals surface area (Å²) in [6, 6.07) is 1.84. The van der Waals surface area contributed by atoms with Gasteiger partial charge in [0.15, 0.2) is 6.29 Å². The number of aromatic nitrogens is 1. The SMILES string of the molecule is N#Cc1nc([N+](=O)[O-])cc(C(F)F)c1C=O. The zero-order chi connectivity index (χ0) is 12.3. The maximum Gasteiger partial charge on any atom is 0.365 e. The number of nitriles is 1. The highest BCUT2D eigenvalue weighted by Gasteiger charge is 2.24. The van der Waals surface area contributed by atoms with E-state index in [4.69, 9.17) is 5.26 Å². The average molecular weight is 227 g/mol. The third-order valence-corrected chi connectivity index (χ3v) is 1.72. The van der Waals surface area contributed by atoms with Crippen molar-refractivity contribution in [1.29, 1.82) is 5.26 Å². The molecule has 0 saturated carbocycles. The van der Waals surface area contributed by atoms with Crippen LogP contribution in [0.4, 0.5) is 14.6 Å². The molecule has 8 heteroatoms. The Bertz CT molecular complexity index is 496. The van der Waals surface area contributed by atoms with Crippen LogP contribution in [0.3, 0.4) is 0 Å². The number of nitrogens with zero attached hydrogens (tertiary/aromatic N) is 3. The van der Waals surface area contributed by atoms with E-state index in [1.165, 1.54) is 6.07 Å². The van der Waals surface area contributed by atoms with Crippen LogP contribution < -0.4 is 0 Å². The summed E-state index contributed by atoms with van der Waals surface area (Å²) in [7, 11) is 0. The number of nitro groups is 1. The smallest absolute Gasteiger partial charge is 0.358 e. The van der Waals surface area contributed by atoms with Gasteiger partial charge in [0, 0.05) is 11.6 Å². The fourth-order valence-corrected chi connectivity index (χ4v) is 1.04. The number of carbonyl (C=O) groups is 1. The van der Waals surface area contributed by atoms with E-state index in [0.29, 0.717) is 6.07 Å². The summed E-state index contributed by atoms with van der Waals surface area (Å²) in [5.74, 6) is -0.891. The third kappa shape index (κ3) is 1.98. The Morgan fingerprint density at radius 2 is 2.25 bits per heavy atom. The highest BCUT2D eigenvalue weighted by Crippen LogP contribution is 2.26. The molecule has 1 rings (SSSR count). The lowest BCUT2D eigenvalue weighted by molar-refractivity contribution is -0.389. The molecule has 0 bridgehead atoms. The second-order valence-electron chi connectivity index (χ2n) is 2.62. The molecular formula is C8H3F2N3O3. The van der Waals surface area contributed by atoms with Crippen molar-refractivity contribution in [1.82, 2.24) is 4.98 Å². The first-order chi connectivity index (χ1) is 7.51. The lowest BCUT2D eigenvalue weighted by Gasteiger charge is -2.02. The quantitative estimate of drug-likeness (QED) is 0.443. The first kappa shape index (κ1) is 11.6. The molecule has 0 fully saturated rings. The molecule has 0 saturated heterocycles. The topological polar surface area (TPSA) is 96.9 Å². The Kier molecular flexibility index (Phi) is 3.20. The molecule has 0 aromatic carbocycles. The molecule has 82 valence electrons. The molecule has 1 aromatic heterocycles. The Morgan fingerprint density at radius 3 is 2.62 bits per heavy atom. The Labute approximate surface area is 87.3 Å². The lowest BCUT2D eigenvalue weighted by atomic mass is 10.1. The standard InChI is InChI=1S/C8H3F2N3O3/c9-8(10)4-1-7(13(15)16)12-6(2-11)5(4)3-14/h1,3,8H. The normalized spacial score (nSPS) is 9.88. The van der Waals surface area contributed by atoms with Crippen molar-refractivity contribution < 1.29 is 18.5 Å². The summed E-state index contributed by atoms with van der Waals surface area (Å²) in [4.78, 5) is 23.0. The number of aldehydes is 1. The van der Waals surface area contributed by atoms with Crippen molar-refractivity contribution in [2.75, 3.05) is 0 Å². The van der Waals surface area contributed by atoms with Crippen LogP contribution in [-0.2, 0) is 0 Å².